The number of aromatic nitrogens is 2. The van der Waals surface area contributed by atoms with Gasteiger partial charge in [-0.05, 0) is 12.0 Å². The van der Waals surface area contributed by atoms with Crippen LogP contribution in [0.25, 0.3) is 0 Å². The van der Waals surface area contributed by atoms with Crippen LogP contribution in [0, 0.1) is 5.92 Å². The van der Waals surface area contributed by atoms with Gasteiger partial charge in [0.2, 0.25) is 0 Å². The summed E-state index contributed by atoms with van der Waals surface area (Å²) >= 11 is 0. The molecule has 0 saturated heterocycles. The fourth-order valence-electron chi connectivity index (χ4n) is 1.58. The Bertz CT molecular complexity index is 347. The van der Waals surface area contributed by atoms with Crippen LogP contribution in [0.5, 0.6) is 0 Å². The lowest BCUT2D eigenvalue weighted by Crippen LogP contribution is -2.37. The number of aliphatic hydroxyl groups excluding tert-OH is 1. The van der Waals surface area contributed by atoms with Crippen LogP contribution in [0.1, 0.15) is 24.3 Å². The fourth-order valence-corrected chi connectivity index (χ4v) is 1.58. The zero-order valence-electron chi connectivity index (χ0n) is 10.1. The third-order valence-electron chi connectivity index (χ3n) is 2.28. The van der Waals surface area contributed by atoms with Crippen molar-refractivity contribution in [3.63, 3.8) is 0 Å². The first-order chi connectivity index (χ1) is 7.56. The average Bonchev–Trinajstić information content (AvgIpc) is 2.62. The molecule has 1 amide bonds. The van der Waals surface area contributed by atoms with Gasteiger partial charge in [-0.2, -0.15) is 5.10 Å². The Hall–Kier alpha value is -1.36. The van der Waals surface area contributed by atoms with E-state index in [4.69, 9.17) is 5.11 Å². The summed E-state index contributed by atoms with van der Waals surface area (Å²) < 4.78 is 1.55. The standard InChI is InChI=1S/C11H19N3O2/c1-9(2)8-14(6-7-15)11(16)10-4-5-12-13(10)3/h4-5,9,15H,6-8H2,1-3H3. The molecule has 0 radical (unpaired) electrons. The summed E-state index contributed by atoms with van der Waals surface area (Å²) in [4.78, 5) is 13.8. The van der Waals surface area contributed by atoms with E-state index in [-0.39, 0.29) is 12.5 Å². The molecule has 1 aromatic heterocycles. The fraction of sp³-hybridized carbons (Fsp3) is 0.636. The van der Waals surface area contributed by atoms with Crippen molar-refractivity contribution in [3.05, 3.63) is 18.0 Å². The number of aryl methyl sites for hydroxylation is 1. The molecule has 0 aromatic carbocycles. The highest BCUT2D eigenvalue weighted by Crippen LogP contribution is 2.06. The summed E-state index contributed by atoms with van der Waals surface area (Å²) in [6.07, 6.45) is 1.60. The van der Waals surface area contributed by atoms with Gasteiger partial charge in [0.1, 0.15) is 5.69 Å². The zero-order valence-corrected chi connectivity index (χ0v) is 10.1. The minimum Gasteiger partial charge on any atom is -0.395 e. The van der Waals surface area contributed by atoms with Crippen molar-refractivity contribution in [2.45, 2.75) is 13.8 Å². The molecule has 0 spiro atoms. The summed E-state index contributed by atoms with van der Waals surface area (Å²) in [6, 6.07) is 1.69. The monoisotopic (exact) mass is 225 g/mol. The number of hydrogen-bond acceptors (Lipinski definition) is 3. The largest absolute Gasteiger partial charge is 0.395 e. The lowest BCUT2D eigenvalue weighted by Gasteiger charge is -2.23. The molecule has 1 N–H and O–H groups in total. The molecular weight excluding hydrogens is 206 g/mol. The van der Waals surface area contributed by atoms with Crippen molar-refractivity contribution >= 4 is 5.91 Å². The molecule has 16 heavy (non-hydrogen) atoms. The quantitative estimate of drug-likeness (QED) is 0.794. The number of carbonyl (C=O) groups is 1. The Labute approximate surface area is 95.7 Å². The second-order valence-corrected chi connectivity index (χ2v) is 4.21. The Morgan fingerprint density at radius 3 is 2.75 bits per heavy atom. The van der Waals surface area contributed by atoms with Crippen LogP contribution in [0.2, 0.25) is 0 Å². The first kappa shape index (κ1) is 12.7. The van der Waals surface area contributed by atoms with E-state index in [1.54, 1.807) is 28.9 Å². The first-order valence-electron chi connectivity index (χ1n) is 5.44. The zero-order chi connectivity index (χ0) is 12.1. The maximum absolute atomic E-state index is 12.1. The van der Waals surface area contributed by atoms with Gasteiger partial charge < -0.3 is 10.0 Å². The minimum absolute atomic E-state index is 0.0175. The van der Waals surface area contributed by atoms with Crippen molar-refractivity contribution in [1.82, 2.24) is 14.7 Å². The maximum Gasteiger partial charge on any atom is 0.272 e. The van der Waals surface area contributed by atoms with Crippen LogP contribution in [0.15, 0.2) is 12.3 Å². The van der Waals surface area contributed by atoms with Crippen LogP contribution >= 0.6 is 0 Å². The third-order valence-corrected chi connectivity index (χ3v) is 2.28. The number of rotatable bonds is 5. The molecular formula is C11H19N3O2. The third kappa shape index (κ3) is 3.06. The molecule has 0 aliphatic carbocycles. The second-order valence-electron chi connectivity index (χ2n) is 4.21. The summed E-state index contributed by atoms with van der Waals surface area (Å²) in [5, 5.41) is 12.9. The molecule has 90 valence electrons. The summed E-state index contributed by atoms with van der Waals surface area (Å²) in [6.45, 7) is 5.07. The van der Waals surface area contributed by atoms with Gasteiger partial charge in [-0.15, -0.1) is 0 Å². The van der Waals surface area contributed by atoms with E-state index < -0.39 is 0 Å². The molecule has 5 heteroatoms. The molecule has 0 bridgehead atoms. The van der Waals surface area contributed by atoms with Gasteiger partial charge in [0.05, 0.1) is 6.61 Å². The maximum atomic E-state index is 12.1. The Kier molecular flexibility index (Phi) is 4.49. The lowest BCUT2D eigenvalue weighted by molar-refractivity contribution is 0.0689. The number of aliphatic hydroxyl groups is 1. The highest BCUT2D eigenvalue weighted by atomic mass is 16.3. The van der Waals surface area contributed by atoms with Crippen LogP contribution in [0.3, 0.4) is 0 Å². The first-order valence-corrected chi connectivity index (χ1v) is 5.44. The number of carbonyl (C=O) groups excluding carboxylic acids is 1. The second kappa shape index (κ2) is 5.65. The van der Waals surface area contributed by atoms with E-state index in [9.17, 15) is 4.79 Å². The van der Waals surface area contributed by atoms with E-state index >= 15 is 0 Å². The highest BCUT2D eigenvalue weighted by Gasteiger charge is 2.18. The summed E-state index contributed by atoms with van der Waals surface area (Å²) in [5.74, 6) is 0.298. The molecule has 0 aliphatic rings. The molecule has 0 saturated carbocycles. The van der Waals surface area contributed by atoms with Gasteiger partial charge >= 0.3 is 0 Å². The van der Waals surface area contributed by atoms with Gasteiger partial charge in [0.15, 0.2) is 0 Å². The van der Waals surface area contributed by atoms with E-state index in [0.717, 1.165) is 0 Å². The molecule has 1 aromatic rings. The van der Waals surface area contributed by atoms with Gasteiger partial charge in [-0.25, -0.2) is 0 Å². The van der Waals surface area contributed by atoms with Crippen molar-refractivity contribution in [3.8, 4) is 0 Å². The van der Waals surface area contributed by atoms with E-state index in [0.29, 0.717) is 24.7 Å². The Morgan fingerprint density at radius 2 is 2.31 bits per heavy atom. The van der Waals surface area contributed by atoms with Crippen molar-refractivity contribution in [1.29, 1.82) is 0 Å². The van der Waals surface area contributed by atoms with E-state index in [1.807, 2.05) is 13.8 Å². The van der Waals surface area contributed by atoms with Crippen LogP contribution in [-0.4, -0.2) is 45.4 Å². The summed E-state index contributed by atoms with van der Waals surface area (Å²) in [7, 11) is 1.74. The topological polar surface area (TPSA) is 58.4 Å². The minimum atomic E-state index is -0.0808. The molecule has 0 atom stereocenters. The molecule has 1 heterocycles. The highest BCUT2D eigenvalue weighted by molar-refractivity contribution is 5.92. The molecule has 0 fully saturated rings. The summed E-state index contributed by atoms with van der Waals surface area (Å²) in [5.41, 5.74) is 0.550. The Balaban J connectivity index is 2.78. The number of hydrogen-bond donors (Lipinski definition) is 1. The van der Waals surface area contributed by atoms with E-state index in [2.05, 4.69) is 5.10 Å². The number of amides is 1. The Morgan fingerprint density at radius 1 is 1.62 bits per heavy atom. The predicted octanol–water partition coefficient (Wildman–Crippen LogP) is 0.511. The van der Waals surface area contributed by atoms with Gasteiger partial charge in [-0.3, -0.25) is 9.48 Å². The van der Waals surface area contributed by atoms with Crippen molar-refractivity contribution in [2.24, 2.45) is 13.0 Å². The molecule has 1 rings (SSSR count). The van der Waals surface area contributed by atoms with Crippen LogP contribution in [-0.2, 0) is 7.05 Å². The van der Waals surface area contributed by atoms with Gasteiger partial charge in [-0.1, -0.05) is 13.8 Å². The SMILES string of the molecule is CC(C)CN(CCO)C(=O)c1ccnn1C. The normalized spacial score (nSPS) is 10.8. The average molecular weight is 225 g/mol. The smallest absolute Gasteiger partial charge is 0.272 e. The predicted molar refractivity (Wildman–Crippen MR) is 61.0 cm³/mol. The molecule has 5 nitrogen and oxygen atoms in total. The van der Waals surface area contributed by atoms with Gasteiger partial charge in [0, 0.05) is 26.3 Å². The van der Waals surface area contributed by atoms with Crippen molar-refractivity contribution in [2.75, 3.05) is 19.7 Å². The van der Waals surface area contributed by atoms with E-state index in [1.165, 1.54) is 0 Å². The molecule has 0 unspecified atom stereocenters. The van der Waals surface area contributed by atoms with Gasteiger partial charge in [0.25, 0.3) is 5.91 Å². The molecule has 0 aliphatic heterocycles. The lowest BCUT2D eigenvalue weighted by atomic mass is 10.2. The van der Waals surface area contributed by atoms with Crippen molar-refractivity contribution < 1.29 is 9.90 Å². The van der Waals surface area contributed by atoms with Crippen LogP contribution < -0.4 is 0 Å². The number of nitrogens with zero attached hydrogens (tertiary/aromatic N) is 3. The van der Waals surface area contributed by atoms with Crippen LogP contribution in [0.4, 0.5) is 0 Å².